The van der Waals surface area contributed by atoms with Gasteiger partial charge in [-0.25, -0.2) is 9.29 Å². The zero-order chi connectivity index (χ0) is 21.3. The number of hydrogen-bond donors (Lipinski definition) is 1. The van der Waals surface area contributed by atoms with Gasteiger partial charge < -0.3 is 10.1 Å². The molecule has 1 aliphatic rings. The minimum Gasteiger partial charge on any atom is -0.497 e. The van der Waals surface area contributed by atoms with Gasteiger partial charge in [0.05, 0.1) is 18.4 Å². The first-order chi connectivity index (χ1) is 14.5. The maximum atomic E-state index is 13.7. The molecule has 0 aliphatic carbocycles. The molecule has 0 spiro atoms. The van der Waals surface area contributed by atoms with Gasteiger partial charge in [-0.3, -0.25) is 9.59 Å². The third-order valence-corrected chi connectivity index (χ3v) is 4.85. The zero-order valence-electron chi connectivity index (χ0n) is 16.5. The molecule has 0 atom stereocenters. The predicted octanol–water partition coefficient (Wildman–Crippen LogP) is 4.54. The number of imide groups is 1. The Balaban J connectivity index is 1.80. The van der Waals surface area contributed by atoms with Gasteiger partial charge >= 0.3 is 0 Å². The number of anilines is 2. The lowest BCUT2D eigenvalue weighted by atomic mass is 10.0. The number of nitrogens with one attached hydrogen (secondary N) is 1. The second-order valence-electron chi connectivity index (χ2n) is 6.90. The number of carbonyl (C=O) groups is 2. The third kappa shape index (κ3) is 3.55. The van der Waals surface area contributed by atoms with Crippen molar-refractivity contribution in [3.8, 4) is 5.75 Å². The van der Waals surface area contributed by atoms with Crippen LogP contribution in [0.15, 0.2) is 78.5 Å². The lowest BCUT2D eigenvalue weighted by Crippen LogP contribution is -2.32. The van der Waals surface area contributed by atoms with Crippen LogP contribution in [0.2, 0.25) is 0 Å². The van der Waals surface area contributed by atoms with E-state index in [2.05, 4.69) is 5.32 Å². The highest BCUT2D eigenvalue weighted by molar-refractivity contribution is 6.46. The number of ether oxygens (including phenoxy) is 1. The van der Waals surface area contributed by atoms with Gasteiger partial charge in [0.2, 0.25) is 0 Å². The van der Waals surface area contributed by atoms with E-state index >= 15 is 0 Å². The molecule has 3 aromatic rings. The van der Waals surface area contributed by atoms with Crippen LogP contribution in [-0.4, -0.2) is 18.9 Å². The summed E-state index contributed by atoms with van der Waals surface area (Å²) in [6.07, 6.45) is 0. The Morgan fingerprint density at radius 2 is 1.60 bits per heavy atom. The van der Waals surface area contributed by atoms with Gasteiger partial charge in [-0.1, -0.05) is 35.9 Å². The summed E-state index contributed by atoms with van der Waals surface area (Å²) in [6.45, 7) is 1.94. The fraction of sp³-hybridized carbons (Fsp3) is 0.0833. The summed E-state index contributed by atoms with van der Waals surface area (Å²) in [6, 6.07) is 19.7. The van der Waals surface area contributed by atoms with Crippen LogP contribution in [0.1, 0.15) is 11.1 Å². The molecule has 1 aliphatic heterocycles. The summed E-state index contributed by atoms with van der Waals surface area (Å²) < 4.78 is 18.8. The fourth-order valence-corrected chi connectivity index (χ4v) is 3.31. The first-order valence-electron chi connectivity index (χ1n) is 9.34. The quantitative estimate of drug-likeness (QED) is 0.637. The monoisotopic (exact) mass is 402 g/mol. The predicted molar refractivity (Wildman–Crippen MR) is 114 cm³/mol. The molecule has 0 saturated heterocycles. The van der Waals surface area contributed by atoms with E-state index in [0.29, 0.717) is 22.7 Å². The van der Waals surface area contributed by atoms with Crippen molar-refractivity contribution in [3.05, 3.63) is 95.4 Å². The van der Waals surface area contributed by atoms with Crippen molar-refractivity contribution in [2.45, 2.75) is 6.92 Å². The van der Waals surface area contributed by atoms with Gasteiger partial charge in [0.15, 0.2) is 0 Å². The van der Waals surface area contributed by atoms with Crippen LogP contribution in [0.5, 0.6) is 5.75 Å². The van der Waals surface area contributed by atoms with Crippen molar-refractivity contribution in [2.75, 3.05) is 17.3 Å². The Kier molecular flexibility index (Phi) is 5.06. The van der Waals surface area contributed by atoms with Crippen LogP contribution >= 0.6 is 0 Å². The number of rotatable bonds is 5. The molecule has 0 radical (unpaired) electrons. The molecule has 0 fully saturated rings. The number of carbonyl (C=O) groups excluding carboxylic acids is 2. The topological polar surface area (TPSA) is 58.6 Å². The van der Waals surface area contributed by atoms with E-state index in [1.807, 2.05) is 19.1 Å². The molecule has 150 valence electrons. The lowest BCUT2D eigenvalue weighted by molar-refractivity contribution is -0.120. The number of halogens is 1. The van der Waals surface area contributed by atoms with Crippen LogP contribution in [0, 0.1) is 12.7 Å². The molecule has 5 nitrogen and oxygen atoms in total. The van der Waals surface area contributed by atoms with E-state index in [-0.39, 0.29) is 11.3 Å². The van der Waals surface area contributed by atoms with Crippen LogP contribution in [0.25, 0.3) is 5.57 Å². The van der Waals surface area contributed by atoms with E-state index in [4.69, 9.17) is 4.74 Å². The smallest absolute Gasteiger partial charge is 0.282 e. The molecular weight excluding hydrogens is 383 g/mol. The summed E-state index contributed by atoms with van der Waals surface area (Å²) in [5.74, 6) is -0.790. The Morgan fingerprint density at radius 3 is 2.23 bits per heavy atom. The van der Waals surface area contributed by atoms with E-state index in [0.717, 1.165) is 10.5 Å². The van der Waals surface area contributed by atoms with Gasteiger partial charge in [0.25, 0.3) is 11.8 Å². The number of nitrogens with zero attached hydrogens (tertiary/aromatic N) is 1. The molecule has 4 rings (SSSR count). The maximum Gasteiger partial charge on any atom is 0.282 e. The Bertz CT molecular complexity index is 1150. The summed E-state index contributed by atoms with van der Waals surface area (Å²) in [5, 5.41) is 2.95. The van der Waals surface area contributed by atoms with Crippen LogP contribution < -0.4 is 15.0 Å². The van der Waals surface area contributed by atoms with E-state index in [1.165, 1.54) is 18.2 Å². The maximum absolute atomic E-state index is 13.7. The number of amides is 2. The molecule has 0 unspecified atom stereocenters. The molecule has 2 amide bonds. The highest BCUT2D eigenvalue weighted by atomic mass is 19.1. The molecule has 0 aromatic heterocycles. The van der Waals surface area contributed by atoms with Crippen molar-refractivity contribution < 1.29 is 18.7 Å². The lowest BCUT2D eigenvalue weighted by Gasteiger charge is -2.16. The van der Waals surface area contributed by atoms with Crippen LogP contribution in [0.3, 0.4) is 0 Å². The minimum atomic E-state index is -0.509. The van der Waals surface area contributed by atoms with E-state index in [1.54, 1.807) is 49.6 Å². The molecule has 6 heteroatoms. The minimum absolute atomic E-state index is 0.102. The van der Waals surface area contributed by atoms with Crippen molar-refractivity contribution in [1.82, 2.24) is 0 Å². The van der Waals surface area contributed by atoms with E-state index < -0.39 is 17.6 Å². The third-order valence-electron chi connectivity index (χ3n) is 4.85. The van der Waals surface area contributed by atoms with Gasteiger partial charge in [-0.15, -0.1) is 0 Å². The SMILES string of the molecule is COc1ccc(N2C(=O)C(Nc3cccc(F)c3)=C(c3ccc(C)cc3)C2=O)cc1. The van der Waals surface area contributed by atoms with Crippen molar-refractivity contribution >= 4 is 28.8 Å². The molecule has 1 heterocycles. The Morgan fingerprint density at radius 1 is 0.900 bits per heavy atom. The van der Waals surface area contributed by atoms with Crippen LogP contribution in [-0.2, 0) is 9.59 Å². The molecule has 1 N–H and O–H groups in total. The summed E-state index contributed by atoms with van der Waals surface area (Å²) in [7, 11) is 1.54. The first-order valence-corrected chi connectivity index (χ1v) is 9.34. The Hall–Kier alpha value is -3.93. The normalized spacial score (nSPS) is 13.8. The van der Waals surface area contributed by atoms with Crippen molar-refractivity contribution in [1.29, 1.82) is 0 Å². The van der Waals surface area contributed by atoms with Gasteiger partial charge in [0.1, 0.15) is 17.3 Å². The van der Waals surface area contributed by atoms with E-state index in [9.17, 15) is 14.0 Å². The second kappa shape index (κ2) is 7.83. The number of benzene rings is 3. The second-order valence-corrected chi connectivity index (χ2v) is 6.90. The first kappa shape index (κ1) is 19.4. The van der Waals surface area contributed by atoms with Gasteiger partial charge in [-0.2, -0.15) is 0 Å². The van der Waals surface area contributed by atoms with Gasteiger partial charge in [0, 0.05) is 5.69 Å². The summed E-state index contributed by atoms with van der Waals surface area (Å²) >= 11 is 0. The van der Waals surface area contributed by atoms with Gasteiger partial charge in [-0.05, 0) is 55.0 Å². The number of aryl methyl sites for hydroxylation is 1. The summed E-state index contributed by atoms with van der Waals surface area (Å²) in [4.78, 5) is 27.7. The zero-order valence-corrected chi connectivity index (χ0v) is 16.5. The average molecular weight is 402 g/mol. The molecular formula is C24H19FN2O3. The van der Waals surface area contributed by atoms with Crippen molar-refractivity contribution in [3.63, 3.8) is 0 Å². The molecule has 0 bridgehead atoms. The summed E-state index contributed by atoms with van der Waals surface area (Å²) in [5.41, 5.74) is 2.78. The molecule has 0 saturated carbocycles. The Labute approximate surface area is 173 Å². The molecule has 3 aromatic carbocycles. The standard InChI is InChI=1S/C24H19FN2O3/c1-15-6-8-16(9-7-15)21-22(26-18-5-3-4-17(25)14-18)24(29)27(23(21)28)19-10-12-20(30-2)13-11-19/h3-14,26H,1-2H3. The van der Waals surface area contributed by atoms with Crippen molar-refractivity contribution in [2.24, 2.45) is 0 Å². The van der Waals surface area contributed by atoms with Crippen LogP contribution in [0.4, 0.5) is 15.8 Å². The highest BCUT2D eigenvalue weighted by Crippen LogP contribution is 2.34. The fourth-order valence-electron chi connectivity index (χ4n) is 3.31. The highest BCUT2D eigenvalue weighted by Gasteiger charge is 2.40. The molecule has 30 heavy (non-hydrogen) atoms. The average Bonchev–Trinajstić information content (AvgIpc) is 2.98. The number of hydrogen-bond acceptors (Lipinski definition) is 4. The largest absolute Gasteiger partial charge is 0.497 e. The number of methoxy groups -OCH3 is 1.